The van der Waals surface area contributed by atoms with Gasteiger partial charge in [-0.25, -0.2) is 4.98 Å². The molecule has 2 aromatic heterocycles. The van der Waals surface area contributed by atoms with Gasteiger partial charge in [-0.3, -0.25) is 0 Å². The monoisotopic (exact) mass is 315 g/mol. The minimum absolute atomic E-state index is 0.595. The van der Waals surface area contributed by atoms with E-state index in [0.717, 1.165) is 46.2 Å². The SMILES string of the molecule is CCCc1c(C)nc2ncnn2c1Nc1ccc(C)c(Cl)c1. The van der Waals surface area contributed by atoms with E-state index in [9.17, 15) is 0 Å². The Morgan fingerprint density at radius 1 is 1.27 bits per heavy atom. The van der Waals surface area contributed by atoms with Crippen LogP contribution in [0, 0.1) is 13.8 Å². The second-order valence-corrected chi connectivity index (χ2v) is 5.74. The van der Waals surface area contributed by atoms with E-state index in [-0.39, 0.29) is 0 Å². The van der Waals surface area contributed by atoms with Crippen LogP contribution in [0.15, 0.2) is 24.5 Å². The Hall–Kier alpha value is -2.14. The predicted molar refractivity (Wildman–Crippen MR) is 89.0 cm³/mol. The fourth-order valence-corrected chi connectivity index (χ4v) is 2.65. The summed E-state index contributed by atoms with van der Waals surface area (Å²) in [6, 6.07) is 5.93. The molecule has 0 atom stereocenters. The molecular formula is C16H18ClN5. The number of anilines is 2. The van der Waals surface area contributed by atoms with Crippen molar-refractivity contribution in [3.05, 3.63) is 46.4 Å². The molecule has 0 unspecified atom stereocenters. The van der Waals surface area contributed by atoms with E-state index >= 15 is 0 Å². The standard InChI is InChI=1S/C16H18ClN5/c1-4-5-13-11(3)20-16-18-9-19-22(16)15(13)21-12-7-6-10(2)14(17)8-12/h6-9,21H,4-5H2,1-3H3. The molecule has 3 rings (SSSR count). The molecule has 3 aromatic rings. The maximum Gasteiger partial charge on any atom is 0.254 e. The molecule has 2 heterocycles. The molecule has 0 spiro atoms. The summed E-state index contributed by atoms with van der Waals surface area (Å²) in [5, 5.41) is 8.46. The van der Waals surface area contributed by atoms with Gasteiger partial charge >= 0.3 is 0 Å². The average Bonchev–Trinajstić information content (AvgIpc) is 2.94. The lowest BCUT2D eigenvalue weighted by atomic mass is 10.1. The third-order valence-electron chi connectivity index (χ3n) is 3.67. The Kier molecular flexibility index (Phi) is 3.98. The number of hydrogen-bond donors (Lipinski definition) is 1. The largest absolute Gasteiger partial charge is 0.340 e. The Morgan fingerprint density at radius 3 is 2.82 bits per heavy atom. The number of nitrogens with zero attached hydrogens (tertiary/aromatic N) is 4. The molecule has 1 aromatic carbocycles. The van der Waals surface area contributed by atoms with Crippen molar-refractivity contribution in [3.63, 3.8) is 0 Å². The van der Waals surface area contributed by atoms with Gasteiger partial charge in [0, 0.05) is 22.0 Å². The van der Waals surface area contributed by atoms with Gasteiger partial charge in [-0.05, 0) is 38.0 Å². The van der Waals surface area contributed by atoms with Crippen LogP contribution in [-0.2, 0) is 6.42 Å². The van der Waals surface area contributed by atoms with E-state index in [1.807, 2.05) is 32.0 Å². The van der Waals surface area contributed by atoms with Crippen molar-refractivity contribution < 1.29 is 0 Å². The number of fused-ring (bicyclic) bond motifs is 1. The Bertz CT molecular complexity index is 825. The minimum atomic E-state index is 0.595. The van der Waals surface area contributed by atoms with Gasteiger partial charge in [0.15, 0.2) is 0 Å². The summed E-state index contributed by atoms with van der Waals surface area (Å²) in [6.45, 7) is 6.14. The first-order chi connectivity index (χ1) is 10.6. The first-order valence-electron chi connectivity index (χ1n) is 7.32. The number of aromatic nitrogens is 4. The maximum atomic E-state index is 6.22. The average molecular weight is 316 g/mol. The predicted octanol–water partition coefficient (Wildman–Crippen LogP) is 4.09. The lowest BCUT2D eigenvalue weighted by Crippen LogP contribution is -2.08. The number of nitrogens with one attached hydrogen (secondary N) is 1. The van der Waals surface area contributed by atoms with E-state index in [4.69, 9.17) is 11.6 Å². The van der Waals surface area contributed by atoms with Gasteiger partial charge in [-0.15, -0.1) is 0 Å². The first-order valence-corrected chi connectivity index (χ1v) is 7.70. The van der Waals surface area contributed by atoms with Gasteiger partial charge in [-0.1, -0.05) is 31.0 Å². The van der Waals surface area contributed by atoms with Crippen molar-refractivity contribution in [2.45, 2.75) is 33.6 Å². The first kappa shape index (κ1) is 14.8. The molecule has 0 saturated carbocycles. The van der Waals surface area contributed by atoms with Gasteiger partial charge in [0.1, 0.15) is 12.1 Å². The highest BCUT2D eigenvalue weighted by molar-refractivity contribution is 6.31. The van der Waals surface area contributed by atoms with Crippen LogP contribution >= 0.6 is 11.6 Å². The highest BCUT2D eigenvalue weighted by atomic mass is 35.5. The molecule has 0 radical (unpaired) electrons. The Morgan fingerprint density at radius 2 is 2.09 bits per heavy atom. The second-order valence-electron chi connectivity index (χ2n) is 5.34. The smallest absolute Gasteiger partial charge is 0.254 e. The summed E-state index contributed by atoms with van der Waals surface area (Å²) >= 11 is 6.22. The summed E-state index contributed by atoms with van der Waals surface area (Å²) in [5.41, 5.74) is 4.11. The number of rotatable bonds is 4. The molecule has 0 fully saturated rings. The van der Waals surface area contributed by atoms with Crippen LogP contribution < -0.4 is 5.32 Å². The van der Waals surface area contributed by atoms with Crippen molar-refractivity contribution in [1.29, 1.82) is 0 Å². The molecule has 0 aliphatic rings. The summed E-state index contributed by atoms with van der Waals surface area (Å²) in [4.78, 5) is 8.70. The maximum absolute atomic E-state index is 6.22. The highest BCUT2D eigenvalue weighted by Crippen LogP contribution is 2.27. The lowest BCUT2D eigenvalue weighted by molar-refractivity contribution is 0.856. The molecular weight excluding hydrogens is 298 g/mol. The Labute approximate surface area is 134 Å². The van der Waals surface area contributed by atoms with E-state index in [1.165, 1.54) is 6.33 Å². The van der Waals surface area contributed by atoms with Gasteiger partial charge < -0.3 is 5.32 Å². The normalized spacial score (nSPS) is 11.1. The quantitative estimate of drug-likeness (QED) is 0.788. The summed E-state index contributed by atoms with van der Waals surface area (Å²) in [5.74, 6) is 1.50. The molecule has 0 aliphatic heterocycles. The fourth-order valence-electron chi connectivity index (χ4n) is 2.47. The van der Waals surface area contributed by atoms with Crippen LogP contribution in [0.25, 0.3) is 5.78 Å². The fraction of sp³-hybridized carbons (Fsp3) is 0.312. The van der Waals surface area contributed by atoms with Gasteiger partial charge in [-0.2, -0.15) is 14.6 Å². The topological polar surface area (TPSA) is 55.1 Å². The third kappa shape index (κ3) is 2.64. The molecule has 114 valence electrons. The molecule has 6 heteroatoms. The van der Waals surface area contributed by atoms with Crippen LogP contribution in [0.2, 0.25) is 5.02 Å². The zero-order valence-corrected chi connectivity index (χ0v) is 13.6. The van der Waals surface area contributed by atoms with Gasteiger partial charge in [0.05, 0.1) is 0 Å². The van der Waals surface area contributed by atoms with E-state index in [1.54, 1.807) is 4.52 Å². The minimum Gasteiger partial charge on any atom is -0.340 e. The number of aryl methyl sites for hydroxylation is 2. The summed E-state index contributed by atoms with van der Waals surface area (Å²) in [7, 11) is 0. The van der Waals surface area contributed by atoms with Gasteiger partial charge in [0.25, 0.3) is 5.78 Å². The van der Waals surface area contributed by atoms with Gasteiger partial charge in [0.2, 0.25) is 0 Å². The molecule has 22 heavy (non-hydrogen) atoms. The van der Waals surface area contributed by atoms with Crippen LogP contribution in [-0.4, -0.2) is 19.6 Å². The Balaban J connectivity index is 2.12. The number of hydrogen-bond acceptors (Lipinski definition) is 4. The van der Waals surface area contributed by atoms with Crippen LogP contribution in [0.4, 0.5) is 11.5 Å². The summed E-state index contributed by atoms with van der Waals surface area (Å²) in [6.07, 6.45) is 3.48. The van der Waals surface area contributed by atoms with Crippen molar-refractivity contribution in [3.8, 4) is 0 Å². The van der Waals surface area contributed by atoms with Crippen LogP contribution in [0.1, 0.15) is 30.2 Å². The number of benzene rings is 1. The van der Waals surface area contributed by atoms with Crippen LogP contribution in [0.3, 0.4) is 0 Å². The summed E-state index contributed by atoms with van der Waals surface area (Å²) < 4.78 is 1.74. The molecule has 0 saturated heterocycles. The third-order valence-corrected chi connectivity index (χ3v) is 4.07. The molecule has 0 aliphatic carbocycles. The second kappa shape index (κ2) is 5.93. The lowest BCUT2D eigenvalue weighted by Gasteiger charge is -2.15. The zero-order chi connectivity index (χ0) is 15.7. The highest BCUT2D eigenvalue weighted by Gasteiger charge is 2.14. The molecule has 1 N–H and O–H groups in total. The van der Waals surface area contributed by atoms with E-state index < -0.39 is 0 Å². The zero-order valence-electron chi connectivity index (χ0n) is 12.9. The van der Waals surface area contributed by atoms with Crippen molar-refractivity contribution in [2.24, 2.45) is 0 Å². The van der Waals surface area contributed by atoms with Crippen molar-refractivity contribution in [2.75, 3.05) is 5.32 Å². The number of halogens is 1. The van der Waals surface area contributed by atoms with Crippen LogP contribution in [0.5, 0.6) is 0 Å². The van der Waals surface area contributed by atoms with E-state index in [0.29, 0.717) is 5.78 Å². The van der Waals surface area contributed by atoms with Crippen molar-refractivity contribution in [1.82, 2.24) is 19.6 Å². The van der Waals surface area contributed by atoms with E-state index in [2.05, 4.69) is 27.3 Å². The molecule has 0 amide bonds. The molecule has 5 nitrogen and oxygen atoms in total. The van der Waals surface area contributed by atoms with Crippen molar-refractivity contribution >= 4 is 28.9 Å². The molecule has 0 bridgehead atoms.